The third-order valence-corrected chi connectivity index (χ3v) is 6.84. The molecule has 3 aromatic rings. The molecule has 0 spiro atoms. The van der Waals surface area contributed by atoms with Crippen molar-refractivity contribution >= 4 is 35.0 Å². The Morgan fingerprint density at radius 1 is 0.943 bits per heavy atom. The Kier molecular flexibility index (Phi) is 8.32. The van der Waals surface area contributed by atoms with Gasteiger partial charge in [-0.05, 0) is 79.6 Å². The maximum atomic E-state index is 12.7. The first kappa shape index (κ1) is 24.7. The van der Waals surface area contributed by atoms with Gasteiger partial charge in [-0.15, -0.1) is 11.8 Å². The number of thioether (sulfide) groups is 1. The average Bonchev–Trinajstić information content (AvgIpc) is 3.27. The van der Waals surface area contributed by atoms with Crippen LogP contribution in [0.2, 0.25) is 0 Å². The topological polar surface area (TPSA) is 67.9 Å². The van der Waals surface area contributed by atoms with Crippen molar-refractivity contribution in [3.8, 4) is 11.5 Å². The molecule has 35 heavy (non-hydrogen) atoms. The summed E-state index contributed by atoms with van der Waals surface area (Å²) in [6, 6.07) is 22.4. The zero-order valence-corrected chi connectivity index (χ0v) is 20.8. The van der Waals surface area contributed by atoms with Crippen molar-refractivity contribution in [3.63, 3.8) is 0 Å². The molecule has 1 N–H and O–H groups in total. The zero-order chi connectivity index (χ0) is 24.6. The minimum absolute atomic E-state index is 0.0728. The number of hydrogen-bond donors (Lipinski definition) is 1. The number of carbonyl (C=O) groups excluding carboxylic acids is 2. The van der Waals surface area contributed by atoms with Crippen LogP contribution in [0.5, 0.6) is 11.5 Å². The third kappa shape index (κ3) is 6.17. The summed E-state index contributed by atoms with van der Waals surface area (Å²) in [5.74, 6) is 1.86. The van der Waals surface area contributed by atoms with Gasteiger partial charge in [-0.1, -0.05) is 25.5 Å². The maximum Gasteiger partial charge on any atom is 0.255 e. The third-order valence-electron chi connectivity index (χ3n) is 5.63. The van der Waals surface area contributed by atoms with E-state index in [9.17, 15) is 9.59 Å². The molecule has 1 saturated heterocycles. The molecule has 7 heteroatoms. The van der Waals surface area contributed by atoms with E-state index < -0.39 is 0 Å². The van der Waals surface area contributed by atoms with Gasteiger partial charge in [0.2, 0.25) is 5.91 Å². The lowest BCUT2D eigenvalue weighted by Gasteiger charge is -2.24. The van der Waals surface area contributed by atoms with Crippen molar-refractivity contribution < 1.29 is 19.1 Å². The first-order valence-electron chi connectivity index (χ1n) is 11.9. The first-order chi connectivity index (χ1) is 17.1. The van der Waals surface area contributed by atoms with E-state index in [-0.39, 0.29) is 17.2 Å². The van der Waals surface area contributed by atoms with Gasteiger partial charge in [-0.3, -0.25) is 14.5 Å². The normalized spacial score (nSPS) is 15.2. The Labute approximate surface area is 210 Å². The van der Waals surface area contributed by atoms with Crippen LogP contribution in [0, 0.1) is 0 Å². The highest BCUT2D eigenvalue weighted by Crippen LogP contribution is 2.42. The maximum absolute atomic E-state index is 12.7. The molecule has 0 radical (unpaired) electrons. The summed E-state index contributed by atoms with van der Waals surface area (Å²) in [5, 5.41) is 2.82. The number of nitrogens with zero attached hydrogens (tertiary/aromatic N) is 1. The number of nitrogens with one attached hydrogen (secondary N) is 1. The van der Waals surface area contributed by atoms with E-state index in [1.807, 2.05) is 72.5 Å². The fourth-order valence-electron chi connectivity index (χ4n) is 3.79. The molecule has 1 aliphatic rings. The van der Waals surface area contributed by atoms with Crippen LogP contribution >= 0.6 is 11.8 Å². The Hall–Kier alpha value is -3.45. The van der Waals surface area contributed by atoms with E-state index >= 15 is 0 Å². The number of hydrogen-bond acceptors (Lipinski definition) is 5. The Morgan fingerprint density at radius 2 is 1.60 bits per heavy atom. The van der Waals surface area contributed by atoms with E-state index in [1.54, 1.807) is 23.9 Å². The van der Waals surface area contributed by atoms with Crippen molar-refractivity contribution in [2.24, 2.45) is 0 Å². The summed E-state index contributed by atoms with van der Waals surface area (Å²) in [5.41, 5.74) is 3.11. The smallest absolute Gasteiger partial charge is 0.255 e. The van der Waals surface area contributed by atoms with Crippen LogP contribution in [0.25, 0.3) is 0 Å². The van der Waals surface area contributed by atoms with Gasteiger partial charge in [0.15, 0.2) is 0 Å². The highest BCUT2D eigenvalue weighted by atomic mass is 32.2. The molecule has 1 fully saturated rings. The molecule has 6 nitrogen and oxygen atoms in total. The molecule has 1 aliphatic heterocycles. The van der Waals surface area contributed by atoms with Crippen LogP contribution < -0.4 is 19.7 Å². The molecular formula is C28H30N2O4S. The van der Waals surface area contributed by atoms with Gasteiger partial charge in [-0.2, -0.15) is 0 Å². The number of rotatable bonds is 10. The van der Waals surface area contributed by atoms with Gasteiger partial charge < -0.3 is 14.8 Å². The number of unbranched alkanes of at least 4 members (excludes halogenated alkanes) is 1. The van der Waals surface area contributed by atoms with Crippen LogP contribution in [-0.2, 0) is 4.79 Å². The number of ether oxygens (including phenoxy) is 2. The Balaban J connectivity index is 1.40. The monoisotopic (exact) mass is 490 g/mol. The fraction of sp³-hybridized carbons (Fsp3) is 0.286. The van der Waals surface area contributed by atoms with Crippen molar-refractivity contribution in [1.82, 2.24) is 0 Å². The quantitative estimate of drug-likeness (QED) is 0.338. The van der Waals surface area contributed by atoms with E-state index in [0.29, 0.717) is 30.2 Å². The zero-order valence-electron chi connectivity index (χ0n) is 20.0. The van der Waals surface area contributed by atoms with Crippen LogP contribution in [0.15, 0.2) is 72.8 Å². The van der Waals surface area contributed by atoms with E-state index in [4.69, 9.17) is 9.47 Å². The van der Waals surface area contributed by atoms with Crippen molar-refractivity contribution in [3.05, 3.63) is 83.9 Å². The lowest BCUT2D eigenvalue weighted by Crippen LogP contribution is -2.27. The number of carbonyl (C=O) groups is 2. The van der Waals surface area contributed by atoms with Gasteiger partial charge in [0.05, 0.1) is 19.0 Å². The molecule has 0 unspecified atom stereocenters. The van der Waals surface area contributed by atoms with Crippen molar-refractivity contribution in [2.45, 2.75) is 32.1 Å². The summed E-state index contributed by atoms with van der Waals surface area (Å²) in [6.07, 6.45) is 2.08. The summed E-state index contributed by atoms with van der Waals surface area (Å²) in [4.78, 5) is 27.1. The van der Waals surface area contributed by atoms with Crippen LogP contribution in [-0.4, -0.2) is 30.8 Å². The molecule has 2 amide bonds. The Morgan fingerprint density at radius 3 is 2.26 bits per heavy atom. The van der Waals surface area contributed by atoms with Crippen LogP contribution in [0.4, 0.5) is 11.4 Å². The first-order valence-corrected chi connectivity index (χ1v) is 12.9. The molecular weight excluding hydrogens is 460 g/mol. The standard InChI is InChI=1S/C28H30N2O4S/c1-3-5-18-34-25-14-8-20(9-15-25)27(32)29-22-10-6-21(7-11-22)28-30(26(31)19-35-28)23-12-16-24(17-13-23)33-4-2/h6-17,28H,3-5,18-19H2,1-2H3,(H,29,32)/t28-/m0/s1. The molecule has 0 saturated carbocycles. The highest BCUT2D eigenvalue weighted by molar-refractivity contribution is 8.00. The van der Waals surface area contributed by atoms with Crippen LogP contribution in [0.1, 0.15) is 48.0 Å². The predicted molar refractivity (Wildman–Crippen MR) is 142 cm³/mol. The fourth-order valence-corrected chi connectivity index (χ4v) is 4.97. The van der Waals surface area contributed by atoms with Crippen molar-refractivity contribution in [2.75, 3.05) is 29.2 Å². The molecule has 1 atom stereocenters. The van der Waals surface area contributed by atoms with Gasteiger partial charge in [0.1, 0.15) is 16.9 Å². The largest absolute Gasteiger partial charge is 0.494 e. The summed E-state index contributed by atoms with van der Waals surface area (Å²) in [7, 11) is 0. The second-order valence-electron chi connectivity index (χ2n) is 8.16. The summed E-state index contributed by atoms with van der Waals surface area (Å²) < 4.78 is 11.2. The second kappa shape index (κ2) is 11.8. The average molecular weight is 491 g/mol. The van der Waals surface area contributed by atoms with Crippen molar-refractivity contribution in [1.29, 1.82) is 0 Å². The molecule has 3 aromatic carbocycles. The van der Waals surface area contributed by atoms with E-state index in [0.717, 1.165) is 35.6 Å². The molecule has 0 aliphatic carbocycles. The molecule has 0 aromatic heterocycles. The number of anilines is 2. The minimum Gasteiger partial charge on any atom is -0.494 e. The summed E-state index contributed by atoms with van der Waals surface area (Å²) >= 11 is 1.59. The van der Waals surface area contributed by atoms with Gasteiger partial charge in [-0.25, -0.2) is 0 Å². The van der Waals surface area contributed by atoms with Gasteiger partial charge >= 0.3 is 0 Å². The van der Waals surface area contributed by atoms with E-state index in [2.05, 4.69) is 12.2 Å². The predicted octanol–water partition coefficient (Wildman–Crippen LogP) is 6.30. The SMILES string of the molecule is CCCCOc1ccc(C(=O)Nc2ccc([C@@H]3SCC(=O)N3c3ccc(OCC)cc3)cc2)cc1. The second-order valence-corrected chi connectivity index (χ2v) is 9.23. The van der Waals surface area contributed by atoms with Crippen LogP contribution in [0.3, 0.4) is 0 Å². The number of amides is 2. The lowest BCUT2D eigenvalue weighted by molar-refractivity contribution is -0.115. The van der Waals surface area contributed by atoms with E-state index in [1.165, 1.54) is 0 Å². The molecule has 4 rings (SSSR count). The molecule has 182 valence electrons. The minimum atomic E-state index is -0.181. The van der Waals surface area contributed by atoms with Gasteiger partial charge in [0, 0.05) is 16.9 Å². The molecule has 1 heterocycles. The highest BCUT2D eigenvalue weighted by Gasteiger charge is 2.34. The number of benzene rings is 3. The van der Waals surface area contributed by atoms with Gasteiger partial charge in [0.25, 0.3) is 5.91 Å². The molecule has 0 bridgehead atoms. The Bertz CT molecular complexity index is 1130. The lowest BCUT2D eigenvalue weighted by atomic mass is 10.1. The summed E-state index contributed by atoms with van der Waals surface area (Å²) in [6.45, 7) is 5.33.